The molecule has 0 spiro atoms. The zero-order valence-electron chi connectivity index (χ0n) is 20.0. The van der Waals surface area contributed by atoms with Gasteiger partial charge in [0.25, 0.3) is 0 Å². The SMILES string of the molecule is CCCc1cc2ccccc2[cH-]1.CCCc1cc2ccccc2[cH-]1.CC[SiH]CC.[F-].[F-].[Zr+4]. The van der Waals surface area contributed by atoms with Crippen molar-refractivity contribution in [3.05, 3.63) is 83.9 Å². The maximum atomic E-state index is 2.29. The van der Waals surface area contributed by atoms with Crippen LogP contribution in [0.1, 0.15) is 51.7 Å². The molecule has 0 nitrogen and oxygen atoms in total. The van der Waals surface area contributed by atoms with Gasteiger partial charge in [0.1, 0.15) is 0 Å². The van der Waals surface area contributed by atoms with Gasteiger partial charge in [0, 0.05) is 9.52 Å². The number of halogens is 2. The van der Waals surface area contributed by atoms with Gasteiger partial charge in [-0.05, 0) is 12.8 Å². The Kier molecular flexibility index (Phi) is 19.6. The second kappa shape index (κ2) is 19.1. The second-order valence-corrected chi connectivity index (χ2v) is 9.80. The molecule has 0 unspecified atom stereocenters. The molecule has 0 aliphatic heterocycles. The zero-order valence-corrected chi connectivity index (χ0v) is 23.6. The molecule has 0 atom stereocenters. The van der Waals surface area contributed by atoms with Crippen LogP contribution in [0.15, 0.2) is 72.8 Å². The van der Waals surface area contributed by atoms with Crippen molar-refractivity contribution in [2.75, 3.05) is 0 Å². The molecule has 0 bridgehead atoms. The summed E-state index contributed by atoms with van der Waals surface area (Å²) in [5, 5.41) is 5.50. The van der Waals surface area contributed by atoms with E-state index < -0.39 is 0 Å². The molecule has 0 saturated carbocycles. The summed E-state index contributed by atoms with van der Waals surface area (Å²) in [7, 11) is 0.815. The second-order valence-electron chi connectivity index (χ2n) is 7.59. The first-order chi connectivity index (χ1) is 14.2. The third kappa shape index (κ3) is 11.0. The first-order valence-corrected chi connectivity index (χ1v) is 12.9. The minimum atomic E-state index is 0. The van der Waals surface area contributed by atoms with Gasteiger partial charge in [0.15, 0.2) is 0 Å². The molecule has 4 heteroatoms. The topological polar surface area (TPSA) is 0 Å². The normalized spacial score (nSPS) is 9.38. The molecule has 32 heavy (non-hydrogen) atoms. The molecule has 0 amide bonds. The maximum Gasteiger partial charge on any atom is 4.00 e. The van der Waals surface area contributed by atoms with Crippen molar-refractivity contribution < 1.29 is 35.6 Å². The summed E-state index contributed by atoms with van der Waals surface area (Å²) in [5.41, 5.74) is 2.94. The summed E-state index contributed by atoms with van der Waals surface area (Å²) in [6.07, 6.45) is 4.87. The van der Waals surface area contributed by atoms with E-state index in [1.165, 1.54) is 70.4 Å². The molecule has 171 valence electrons. The molecule has 0 N–H and O–H groups in total. The quantitative estimate of drug-likeness (QED) is 0.265. The minimum Gasteiger partial charge on any atom is -1.00 e. The number of hydrogen-bond acceptors (Lipinski definition) is 0. The largest absolute Gasteiger partial charge is 4.00 e. The fourth-order valence-electron chi connectivity index (χ4n) is 3.58. The Morgan fingerprint density at radius 3 is 1.28 bits per heavy atom. The van der Waals surface area contributed by atoms with Crippen molar-refractivity contribution in [1.29, 1.82) is 0 Å². The van der Waals surface area contributed by atoms with E-state index in [0.29, 0.717) is 0 Å². The Bertz CT molecular complexity index is 814. The summed E-state index contributed by atoms with van der Waals surface area (Å²) < 4.78 is 0. The molecule has 0 saturated heterocycles. The molecule has 4 aromatic rings. The predicted octanol–water partition coefficient (Wildman–Crippen LogP) is 2.33. The van der Waals surface area contributed by atoms with Crippen LogP contribution in [-0.2, 0) is 39.0 Å². The molecular weight excluding hydrogens is 494 g/mol. The Morgan fingerprint density at radius 2 is 1.00 bits per heavy atom. The summed E-state index contributed by atoms with van der Waals surface area (Å²) >= 11 is 0. The summed E-state index contributed by atoms with van der Waals surface area (Å²) in [6, 6.07) is 29.1. The number of benzene rings is 2. The van der Waals surface area contributed by atoms with E-state index in [2.05, 4.69) is 100 Å². The molecule has 0 aromatic heterocycles. The Hall–Kier alpha value is -1.38. The van der Waals surface area contributed by atoms with Gasteiger partial charge >= 0.3 is 26.2 Å². The van der Waals surface area contributed by atoms with Crippen LogP contribution in [0, 0.1) is 0 Å². The summed E-state index contributed by atoms with van der Waals surface area (Å²) in [4.78, 5) is 0. The first-order valence-electron chi connectivity index (χ1n) is 11.3. The van der Waals surface area contributed by atoms with E-state index in [9.17, 15) is 0 Å². The van der Waals surface area contributed by atoms with E-state index in [1.54, 1.807) is 0 Å². The zero-order chi connectivity index (χ0) is 20.9. The van der Waals surface area contributed by atoms with Crippen LogP contribution >= 0.6 is 0 Å². The summed E-state index contributed by atoms with van der Waals surface area (Å²) in [6.45, 7) is 8.94. The average Bonchev–Trinajstić information content (AvgIpc) is 3.33. The number of rotatable bonds is 6. The van der Waals surface area contributed by atoms with Crippen molar-refractivity contribution in [1.82, 2.24) is 0 Å². The number of fused-ring (bicyclic) bond motifs is 2. The molecule has 4 rings (SSSR count). The van der Waals surface area contributed by atoms with Crippen LogP contribution in [0.3, 0.4) is 0 Å². The standard InChI is InChI=1S/2C12H13.C4H11Si.2FH.Zr/c2*1-2-5-10-8-11-6-3-4-7-12(11)9-10;1-3-5-4-2;;;/h2*3-4,6-9H,2,5H2,1H3;5H,3-4H2,1-2H3;2*1H;/q2*-1;;;;+4/p-2. The molecule has 0 aliphatic rings. The van der Waals surface area contributed by atoms with Crippen molar-refractivity contribution in [2.45, 2.75) is 65.5 Å². The molecule has 4 aromatic carbocycles. The van der Waals surface area contributed by atoms with E-state index in [1.807, 2.05) is 0 Å². The van der Waals surface area contributed by atoms with E-state index >= 15 is 0 Å². The van der Waals surface area contributed by atoms with Gasteiger partial charge in [-0.15, -0.1) is 81.2 Å². The fraction of sp³-hybridized carbons (Fsp3) is 0.357. The van der Waals surface area contributed by atoms with E-state index in [4.69, 9.17) is 0 Å². The summed E-state index contributed by atoms with van der Waals surface area (Å²) in [5.74, 6) is 0. The van der Waals surface area contributed by atoms with Crippen molar-refractivity contribution in [3.8, 4) is 0 Å². The van der Waals surface area contributed by atoms with Crippen molar-refractivity contribution >= 4 is 31.1 Å². The smallest absolute Gasteiger partial charge is 1.00 e. The van der Waals surface area contributed by atoms with Crippen LogP contribution in [0.25, 0.3) is 21.5 Å². The van der Waals surface area contributed by atoms with Gasteiger partial charge in [-0.3, -0.25) is 0 Å². The van der Waals surface area contributed by atoms with Gasteiger partial charge in [-0.25, -0.2) is 0 Å². The third-order valence-corrected chi connectivity index (χ3v) is 6.17. The Balaban J connectivity index is 0. The van der Waals surface area contributed by atoms with Crippen LogP contribution in [0.5, 0.6) is 0 Å². The van der Waals surface area contributed by atoms with E-state index in [-0.39, 0.29) is 35.6 Å². The maximum absolute atomic E-state index is 2.29. The van der Waals surface area contributed by atoms with Gasteiger partial charge in [0.2, 0.25) is 0 Å². The van der Waals surface area contributed by atoms with Crippen molar-refractivity contribution in [2.24, 2.45) is 0 Å². The van der Waals surface area contributed by atoms with Gasteiger partial charge < -0.3 is 9.41 Å². The molecule has 0 heterocycles. The monoisotopic (exact) mass is 529 g/mol. The molecular formula is C28H37F2SiZr. The van der Waals surface area contributed by atoms with Gasteiger partial charge in [-0.1, -0.05) is 64.8 Å². The fourth-order valence-corrected chi connectivity index (χ4v) is 4.16. The van der Waals surface area contributed by atoms with Gasteiger partial charge in [-0.2, -0.15) is 12.1 Å². The van der Waals surface area contributed by atoms with E-state index in [0.717, 1.165) is 9.52 Å². The third-order valence-electron chi connectivity index (χ3n) is 5.01. The van der Waals surface area contributed by atoms with Gasteiger partial charge in [0.05, 0.1) is 0 Å². The molecule has 1 radical (unpaired) electrons. The molecule has 0 aliphatic carbocycles. The molecule has 0 fully saturated rings. The Morgan fingerprint density at radius 1 is 0.625 bits per heavy atom. The van der Waals surface area contributed by atoms with Crippen LogP contribution in [-0.4, -0.2) is 9.52 Å². The number of aryl methyl sites for hydroxylation is 2. The first kappa shape index (κ1) is 32.8. The van der Waals surface area contributed by atoms with Crippen LogP contribution in [0.4, 0.5) is 0 Å². The van der Waals surface area contributed by atoms with Crippen LogP contribution in [0.2, 0.25) is 12.1 Å². The van der Waals surface area contributed by atoms with Crippen molar-refractivity contribution in [3.63, 3.8) is 0 Å². The number of hydrogen-bond donors (Lipinski definition) is 0. The average molecular weight is 531 g/mol. The predicted molar refractivity (Wildman–Crippen MR) is 135 cm³/mol. The minimum absolute atomic E-state index is 0. The van der Waals surface area contributed by atoms with Crippen LogP contribution < -0.4 is 9.41 Å². The Labute approximate surface area is 215 Å².